The Morgan fingerprint density at radius 1 is 0.735 bits per heavy atom. The molecule has 7 nitrogen and oxygen atoms in total. The van der Waals surface area contributed by atoms with Crippen LogP contribution < -0.4 is 0 Å². The first-order chi connectivity index (χ1) is 23.5. The second-order valence-electron chi connectivity index (χ2n) is 12.1. The van der Waals surface area contributed by atoms with Crippen LogP contribution >= 0.6 is 0 Å². The van der Waals surface area contributed by atoms with Gasteiger partial charge in [-0.2, -0.15) is 21.6 Å². The van der Waals surface area contributed by atoms with E-state index in [0.717, 1.165) is 34.7 Å². The summed E-state index contributed by atoms with van der Waals surface area (Å²) in [6.45, 7) is 0.215. The average Bonchev–Trinajstić information content (AvgIpc) is 3.62. The van der Waals surface area contributed by atoms with Gasteiger partial charge < -0.3 is 14.4 Å². The number of sulfonamides is 1. The van der Waals surface area contributed by atoms with Crippen molar-refractivity contribution in [3.63, 3.8) is 0 Å². The number of halogens is 3. The van der Waals surface area contributed by atoms with Gasteiger partial charge in [0, 0.05) is 18.9 Å². The van der Waals surface area contributed by atoms with Gasteiger partial charge in [-0.15, -0.1) is 0 Å². The van der Waals surface area contributed by atoms with Gasteiger partial charge in [0.15, 0.2) is 6.29 Å². The second-order valence-corrected chi connectivity index (χ2v) is 13.9. The minimum atomic E-state index is -5.74. The third-order valence-corrected chi connectivity index (χ3v) is 10.6. The Bertz CT molecular complexity index is 1910. The number of nitrogens with zero attached hydrogens (tertiary/aromatic N) is 2. The zero-order valence-corrected chi connectivity index (χ0v) is 26.8. The van der Waals surface area contributed by atoms with Crippen molar-refractivity contribution >= 4 is 15.9 Å². The summed E-state index contributed by atoms with van der Waals surface area (Å²) in [5.41, 5.74) is -6.57. The van der Waals surface area contributed by atoms with E-state index in [4.69, 9.17) is 9.47 Å². The van der Waals surface area contributed by atoms with E-state index in [-0.39, 0.29) is 17.4 Å². The molecule has 7 rings (SSSR count). The molecule has 2 spiro atoms. The highest BCUT2D eigenvalue weighted by atomic mass is 32.2. The van der Waals surface area contributed by atoms with Crippen LogP contribution in [0.15, 0.2) is 158 Å². The van der Waals surface area contributed by atoms with Crippen molar-refractivity contribution in [3.8, 4) is 0 Å². The maximum atomic E-state index is 14.3. The number of carbonyl (C=O) groups is 1. The number of fused-ring (bicyclic) bond motifs is 1. The number of benzene rings is 4. The summed E-state index contributed by atoms with van der Waals surface area (Å²) < 4.78 is 78.8. The van der Waals surface area contributed by atoms with E-state index in [1.807, 2.05) is 121 Å². The summed E-state index contributed by atoms with van der Waals surface area (Å²) in [5, 5.41) is 0. The van der Waals surface area contributed by atoms with Gasteiger partial charge in [0.2, 0.25) is 5.91 Å². The van der Waals surface area contributed by atoms with Crippen molar-refractivity contribution in [2.24, 2.45) is 5.41 Å². The van der Waals surface area contributed by atoms with Crippen LogP contribution in [0.5, 0.6) is 0 Å². The van der Waals surface area contributed by atoms with E-state index >= 15 is 0 Å². The molecule has 49 heavy (non-hydrogen) atoms. The molecule has 0 N–H and O–H groups in total. The molecule has 3 aliphatic rings. The molecule has 0 unspecified atom stereocenters. The fourth-order valence-corrected chi connectivity index (χ4v) is 7.54. The minimum Gasteiger partial charge on any atom is -0.335 e. The van der Waals surface area contributed by atoms with Crippen LogP contribution in [0.1, 0.15) is 22.3 Å². The van der Waals surface area contributed by atoms with Crippen LogP contribution in [0.2, 0.25) is 0 Å². The van der Waals surface area contributed by atoms with Gasteiger partial charge in [0.1, 0.15) is 16.6 Å². The van der Waals surface area contributed by atoms with Crippen LogP contribution in [-0.4, -0.2) is 47.5 Å². The zero-order valence-electron chi connectivity index (χ0n) is 26.0. The van der Waals surface area contributed by atoms with E-state index in [0.29, 0.717) is 0 Å². The fraction of sp³-hybridized carbons (Fsp3) is 0.184. The molecule has 1 saturated heterocycles. The van der Waals surface area contributed by atoms with Gasteiger partial charge in [0.05, 0.1) is 6.54 Å². The van der Waals surface area contributed by atoms with E-state index < -0.39 is 44.3 Å². The molecule has 1 fully saturated rings. The number of hydrogen-bond acceptors (Lipinski definition) is 5. The Balaban J connectivity index is 1.30. The molecule has 3 aliphatic heterocycles. The highest BCUT2D eigenvalue weighted by Gasteiger charge is 2.65. The third kappa shape index (κ3) is 5.38. The number of likely N-dealkylation sites (tertiary alicyclic amines) is 1. The monoisotopic (exact) mass is 684 g/mol. The van der Waals surface area contributed by atoms with Crippen molar-refractivity contribution in [2.45, 2.75) is 29.5 Å². The van der Waals surface area contributed by atoms with E-state index in [1.54, 1.807) is 17.1 Å². The molecule has 4 aromatic carbocycles. The summed E-state index contributed by atoms with van der Waals surface area (Å²) in [5.74, 6) is -0.460. The van der Waals surface area contributed by atoms with Crippen molar-refractivity contribution in [1.29, 1.82) is 0 Å². The fourth-order valence-electron chi connectivity index (χ4n) is 6.86. The molecular weight excluding hydrogens is 653 g/mol. The first kappa shape index (κ1) is 32.6. The Kier molecular flexibility index (Phi) is 8.09. The number of amides is 1. The molecule has 3 heterocycles. The first-order valence-corrected chi connectivity index (χ1v) is 17.0. The lowest BCUT2D eigenvalue weighted by Gasteiger charge is -2.41. The molecule has 250 valence electrons. The number of ether oxygens (including phenoxy) is 2. The van der Waals surface area contributed by atoms with Crippen LogP contribution in [0, 0.1) is 5.41 Å². The number of hydrogen-bond donors (Lipinski definition) is 0. The maximum absolute atomic E-state index is 14.3. The lowest BCUT2D eigenvalue weighted by atomic mass is 9.73. The minimum absolute atomic E-state index is 0.0206. The standard InChI is InChI=1S/C38H31F3N2O5S/c39-38(40,41)49(45,46)43-25-23-35(24-26-43)34(44)42(27-29-13-5-1-6-14-29)28-36(35)22-21-33(47-36)48-37(30-15-7-2-8-16-30,31-17-9-3-10-18-31)32-19-11-4-12-20-32/h1-26,33H,27-28H2/t33-,36-/m1/s1. The molecule has 0 bridgehead atoms. The molecule has 0 aliphatic carbocycles. The van der Waals surface area contributed by atoms with Crippen LogP contribution in [-0.2, 0) is 36.4 Å². The molecule has 2 atom stereocenters. The third-order valence-electron chi connectivity index (χ3n) is 9.20. The van der Waals surface area contributed by atoms with Crippen LogP contribution in [0.4, 0.5) is 13.2 Å². The summed E-state index contributed by atoms with van der Waals surface area (Å²) in [7, 11) is -5.74. The second kappa shape index (κ2) is 12.2. The number of rotatable bonds is 8. The van der Waals surface area contributed by atoms with Crippen molar-refractivity contribution in [3.05, 3.63) is 180 Å². The highest BCUT2D eigenvalue weighted by molar-refractivity contribution is 7.90. The van der Waals surface area contributed by atoms with E-state index in [1.165, 1.54) is 12.2 Å². The predicted molar refractivity (Wildman–Crippen MR) is 176 cm³/mol. The molecule has 0 aromatic heterocycles. The highest BCUT2D eigenvalue weighted by Crippen LogP contribution is 2.53. The largest absolute Gasteiger partial charge is 0.517 e. The average molecular weight is 685 g/mol. The zero-order chi connectivity index (χ0) is 34.3. The van der Waals surface area contributed by atoms with Gasteiger partial charge in [-0.1, -0.05) is 121 Å². The number of carbonyl (C=O) groups excluding carboxylic acids is 1. The van der Waals surface area contributed by atoms with Crippen LogP contribution in [0.25, 0.3) is 0 Å². The van der Waals surface area contributed by atoms with E-state index in [2.05, 4.69) is 0 Å². The van der Waals surface area contributed by atoms with Crippen molar-refractivity contribution < 1.29 is 35.9 Å². The summed E-state index contributed by atoms with van der Waals surface area (Å²) in [6, 6.07) is 38.2. The molecule has 1 amide bonds. The van der Waals surface area contributed by atoms with Gasteiger partial charge >= 0.3 is 15.5 Å². The van der Waals surface area contributed by atoms with Crippen LogP contribution in [0.3, 0.4) is 0 Å². The van der Waals surface area contributed by atoms with Gasteiger partial charge in [-0.05, 0) is 46.6 Å². The summed E-state index contributed by atoms with van der Waals surface area (Å²) >= 11 is 0. The van der Waals surface area contributed by atoms with Crippen molar-refractivity contribution in [1.82, 2.24) is 9.21 Å². The van der Waals surface area contributed by atoms with Gasteiger partial charge in [-0.3, -0.25) is 4.79 Å². The molecule has 0 saturated carbocycles. The molecule has 11 heteroatoms. The van der Waals surface area contributed by atoms with Gasteiger partial charge in [0.25, 0.3) is 0 Å². The summed E-state index contributed by atoms with van der Waals surface area (Å²) in [4.78, 5) is 15.9. The predicted octanol–water partition coefficient (Wildman–Crippen LogP) is 6.87. The van der Waals surface area contributed by atoms with E-state index in [9.17, 15) is 26.4 Å². The van der Waals surface area contributed by atoms with Gasteiger partial charge in [-0.25, -0.2) is 4.31 Å². The summed E-state index contributed by atoms with van der Waals surface area (Å²) in [6.07, 6.45) is 6.25. The Morgan fingerprint density at radius 3 is 1.67 bits per heavy atom. The SMILES string of the molecule is O=C1N(Cc2ccccc2)C[C@]2(C=C[C@@H](OC(c3ccccc3)(c3ccccc3)c3ccccc3)O2)C12C=CN(S(=O)(=O)C(F)(F)F)C=C2. The normalized spacial score (nSPS) is 21.7. The topological polar surface area (TPSA) is 76.2 Å². The quantitative estimate of drug-likeness (QED) is 0.150. The maximum Gasteiger partial charge on any atom is 0.517 e. The van der Waals surface area contributed by atoms with Crippen molar-refractivity contribution in [2.75, 3.05) is 6.54 Å². The molecular formula is C38H31F3N2O5S. The lowest BCUT2D eigenvalue weighted by molar-refractivity contribution is -0.203. The molecule has 0 radical (unpaired) electrons. The smallest absolute Gasteiger partial charge is 0.335 e. The first-order valence-electron chi connectivity index (χ1n) is 15.5. The number of alkyl halides is 3. The lowest BCUT2D eigenvalue weighted by Crippen LogP contribution is -2.49. The molecule has 4 aromatic rings. The Morgan fingerprint density at radius 2 is 1.20 bits per heavy atom. The Labute approximate surface area is 282 Å². The Hall–Kier alpha value is -4.97.